The summed E-state index contributed by atoms with van der Waals surface area (Å²) < 4.78 is 33.7. The Labute approximate surface area is 217 Å². The quantitative estimate of drug-likeness (QED) is 0.417. The maximum atomic E-state index is 13.4. The normalized spacial score (nSPS) is 17.3. The summed E-state index contributed by atoms with van der Waals surface area (Å²) in [6.45, 7) is 8.83. The molecule has 1 saturated heterocycles. The number of pyridine rings is 1. The first-order chi connectivity index (χ1) is 17.8. The van der Waals surface area contributed by atoms with E-state index in [4.69, 9.17) is 4.74 Å². The van der Waals surface area contributed by atoms with Crippen LogP contribution in [0.15, 0.2) is 17.2 Å². The number of carbonyl (C=O) groups is 2. The summed E-state index contributed by atoms with van der Waals surface area (Å²) in [7, 11) is -3.83. The number of amides is 2. The molecule has 12 nitrogen and oxygen atoms in total. The van der Waals surface area contributed by atoms with Crippen LogP contribution in [0.1, 0.15) is 66.6 Å². The number of aromatic nitrogens is 3. The summed E-state index contributed by atoms with van der Waals surface area (Å²) in [5.74, 6) is -0.928. The summed E-state index contributed by atoms with van der Waals surface area (Å²) >= 11 is 0. The lowest BCUT2D eigenvalue weighted by molar-refractivity contribution is 0.0902. The van der Waals surface area contributed by atoms with Crippen LogP contribution in [-0.2, 0) is 16.4 Å². The Morgan fingerprint density at radius 2 is 1.86 bits per heavy atom. The van der Waals surface area contributed by atoms with E-state index in [0.29, 0.717) is 38.3 Å². The molecule has 2 fully saturated rings. The Morgan fingerprint density at radius 1 is 1.14 bits per heavy atom. The van der Waals surface area contributed by atoms with Gasteiger partial charge in [0.2, 0.25) is 15.9 Å². The van der Waals surface area contributed by atoms with Gasteiger partial charge in [-0.2, -0.15) is 9.40 Å². The van der Waals surface area contributed by atoms with Crippen molar-refractivity contribution >= 4 is 27.5 Å². The highest BCUT2D eigenvalue weighted by Crippen LogP contribution is 2.28. The van der Waals surface area contributed by atoms with Gasteiger partial charge in [0.1, 0.15) is 10.6 Å². The second-order valence-electron chi connectivity index (χ2n) is 9.13. The molecule has 13 heteroatoms. The zero-order valence-electron chi connectivity index (χ0n) is 21.5. The number of aromatic amines is 1. The van der Waals surface area contributed by atoms with Crippen LogP contribution in [0, 0.1) is 0 Å². The highest BCUT2D eigenvalue weighted by atomic mass is 32.2. The molecule has 4 rings (SSSR count). The summed E-state index contributed by atoms with van der Waals surface area (Å²) in [5.41, 5.74) is 0.726. The van der Waals surface area contributed by atoms with Gasteiger partial charge >= 0.3 is 0 Å². The van der Waals surface area contributed by atoms with Crippen molar-refractivity contribution in [2.24, 2.45) is 0 Å². The van der Waals surface area contributed by atoms with E-state index in [-0.39, 0.29) is 40.4 Å². The molecule has 3 heterocycles. The van der Waals surface area contributed by atoms with Gasteiger partial charge in [-0.15, -0.1) is 0 Å². The van der Waals surface area contributed by atoms with Gasteiger partial charge in [-0.25, -0.2) is 13.4 Å². The third-order valence-corrected chi connectivity index (χ3v) is 8.71. The molecule has 0 aromatic carbocycles. The molecule has 2 aromatic rings. The van der Waals surface area contributed by atoms with Crippen molar-refractivity contribution in [1.29, 1.82) is 0 Å². The van der Waals surface area contributed by atoms with E-state index >= 15 is 0 Å². The fourth-order valence-electron chi connectivity index (χ4n) is 4.38. The van der Waals surface area contributed by atoms with E-state index in [1.165, 1.54) is 16.6 Å². The van der Waals surface area contributed by atoms with Gasteiger partial charge in [0.25, 0.3) is 11.8 Å². The summed E-state index contributed by atoms with van der Waals surface area (Å²) in [4.78, 5) is 32.6. The lowest BCUT2D eigenvalue weighted by atomic mass is 9.93. The molecular formula is C24H35N7O5S. The topological polar surface area (TPSA) is 150 Å². The Morgan fingerprint density at radius 3 is 2.46 bits per heavy atom. The van der Waals surface area contributed by atoms with Crippen LogP contribution in [-0.4, -0.2) is 90.0 Å². The first-order valence-electron chi connectivity index (χ1n) is 12.8. The lowest BCUT2D eigenvalue weighted by Crippen LogP contribution is -2.48. The van der Waals surface area contributed by atoms with Crippen LogP contribution in [0.25, 0.3) is 0 Å². The molecule has 2 aromatic heterocycles. The monoisotopic (exact) mass is 533 g/mol. The number of H-pyrrole nitrogens is 1. The van der Waals surface area contributed by atoms with Gasteiger partial charge in [0.15, 0.2) is 5.69 Å². The summed E-state index contributed by atoms with van der Waals surface area (Å²) in [6, 6.07) is 1.44. The molecule has 202 valence electrons. The molecule has 0 atom stereocenters. The minimum atomic E-state index is -3.83. The number of hydrogen-bond donors (Lipinski definition) is 3. The van der Waals surface area contributed by atoms with Gasteiger partial charge in [-0.1, -0.05) is 13.8 Å². The molecular weight excluding hydrogens is 498 g/mol. The standard InChI is InChI=1S/C24H35N7O5S/c1-4-18-20(21(29-28-18)23(33)26-16-8-7-9-16)22(32)27-19-14-17(15-25-24(19)36-6-3)37(34,35)31-12-10-30(5-2)11-13-31/h14-16H,4-13H2,1-3H3,(H,26,33)(H,27,32)(H,28,29). The van der Waals surface area contributed by atoms with Crippen molar-refractivity contribution in [3.05, 3.63) is 29.2 Å². The predicted molar refractivity (Wildman–Crippen MR) is 137 cm³/mol. The van der Waals surface area contributed by atoms with E-state index in [2.05, 4.69) is 30.7 Å². The van der Waals surface area contributed by atoms with Gasteiger partial charge in [0, 0.05) is 37.9 Å². The molecule has 0 bridgehead atoms. The molecule has 0 spiro atoms. The molecule has 2 aliphatic rings. The van der Waals surface area contributed by atoms with Crippen molar-refractivity contribution in [3.8, 4) is 5.88 Å². The predicted octanol–water partition coefficient (Wildman–Crippen LogP) is 1.63. The fourth-order valence-corrected chi connectivity index (χ4v) is 5.78. The molecule has 1 saturated carbocycles. The molecule has 1 aliphatic heterocycles. The van der Waals surface area contributed by atoms with Crippen molar-refractivity contribution in [2.75, 3.05) is 44.6 Å². The van der Waals surface area contributed by atoms with Crippen molar-refractivity contribution in [2.45, 2.75) is 57.4 Å². The Balaban J connectivity index is 1.61. The second kappa shape index (κ2) is 11.6. The number of nitrogens with zero attached hydrogens (tertiary/aromatic N) is 4. The maximum absolute atomic E-state index is 13.4. The van der Waals surface area contributed by atoms with E-state index < -0.39 is 21.8 Å². The summed E-state index contributed by atoms with van der Waals surface area (Å²) in [6.07, 6.45) is 4.54. The number of ether oxygens (including phenoxy) is 1. The third-order valence-electron chi connectivity index (χ3n) is 6.85. The van der Waals surface area contributed by atoms with Crippen molar-refractivity contribution in [3.63, 3.8) is 0 Å². The number of rotatable bonds is 10. The van der Waals surface area contributed by atoms with Gasteiger partial charge < -0.3 is 20.3 Å². The minimum Gasteiger partial charge on any atom is -0.476 e. The van der Waals surface area contributed by atoms with Crippen LogP contribution < -0.4 is 15.4 Å². The van der Waals surface area contributed by atoms with Gasteiger partial charge in [-0.05, 0) is 45.2 Å². The van der Waals surface area contributed by atoms with E-state index in [1.54, 1.807) is 6.92 Å². The fraction of sp³-hybridized carbons (Fsp3) is 0.583. The maximum Gasteiger partial charge on any atom is 0.272 e. The van der Waals surface area contributed by atoms with Crippen LogP contribution in [0.5, 0.6) is 5.88 Å². The van der Waals surface area contributed by atoms with Gasteiger partial charge in [0.05, 0.1) is 18.4 Å². The highest BCUT2D eigenvalue weighted by Gasteiger charge is 2.31. The summed E-state index contributed by atoms with van der Waals surface area (Å²) in [5, 5.41) is 12.5. The number of carbonyl (C=O) groups excluding carboxylic acids is 2. The first-order valence-corrected chi connectivity index (χ1v) is 14.3. The SMILES string of the molecule is CCOc1ncc(S(=O)(=O)N2CCN(CC)CC2)cc1NC(=O)c1c(C(=O)NC2CCC2)n[nH]c1CC. The molecule has 3 N–H and O–H groups in total. The molecule has 0 radical (unpaired) electrons. The van der Waals surface area contributed by atoms with E-state index in [1.807, 2.05) is 13.8 Å². The number of aryl methyl sites for hydroxylation is 1. The third kappa shape index (κ3) is 5.78. The number of hydrogen-bond acceptors (Lipinski definition) is 8. The Hall–Kier alpha value is -3.03. The van der Waals surface area contributed by atoms with Crippen LogP contribution >= 0.6 is 0 Å². The first kappa shape index (κ1) is 27.0. The molecule has 37 heavy (non-hydrogen) atoms. The van der Waals surface area contributed by atoms with Crippen molar-refractivity contribution < 1.29 is 22.7 Å². The Kier molecular flexibility index (Phi) is 8.45. The number of sulfonamides is 1. The number of piperazine rings is 1. The second-order valence-corrected chi connectivity index (χ2v) is 11.1. The van der Waals surface area contributed by atoms with E-state index in [9.17, 15) is 18.0 Å². The molecule has 0 unspecified atom stereocenters. The molecule has 1 aliphatic carbocycles. The molecule has 2 amide bonds. The Bertz CT molecular complexity index is 1230. The number of nitrogens with one attached hydrogen (secondary N) is 3. The van der Waals surface area contributed by atoms with Crippen LogP contribution in [0.4, 0.5) is 5.69 Å². The minimum absolute atomic E-state index is 0.00439. The van der Waals surface area contributed by atoms with Crippen LogP contribution in [0.2, 0.25) is 0 Å². The zero-order valence-corrected chi connectivity index (χ0v) is 22.4. The average molecular weight is 534 g/mol. The smallest absolute Gasteiger partial charge is 0.272 e. The number of likely N-dealkylation sites (N-methyl/N-ethyl adjacent to an activating group) is 1. The van der Waals surface area contributed by atoms with Crippen LogP contribution in [0.3, 0.4) is 0 Å². The number of anilines is 1. The largest absolute Gasteiger partial charge is 0.476 e. The van der Waals surface area contributed by atoms with Crippen molar-refractivity contribution in [1.82, 2.24) is 29.7 Å². The lowest BCUT2D eigenvalue weighted by Gasteiger charge is -2.33. The van der Waals surface area contributed by atoms with E-state index in [0.717, 1.165) is 25.8 Å². The highest BCUT2D eigenvalue weighted by molar-refractivity contribution is 7.89. The van der Waals surface area contributed by atoms with Gasteiger partial charge in [-0.3, -0.25) is 14.7 Å². The average Bonchev–Trinajstić information content (AvgIpc) is 3.32. The zero-order chi connectivity index (χ0) is 26.6.